The third-order valence-electron chi connectivity index (χ3n) is 2.90. The molecule has 3 nitrogen and oxygen atoms in total. The zero-order valence-corrected chi connectivity index (χ0v) is 11.0. The summed E-state index contributed by atoms with van der Waals surface area (Å²) in [4.78, 5) is 8.44. The van der Waals surface area contributed by atoms with E-state index in [1.165, 1.54) is 11.1 Å². The summed E-state index contributed by atoms with van der Waals surface area (Å²) >= 11 is 0. The highest BCUT2D eigenvalue weighted by Crippen LogP contribution is 2.05. The quantitative estimate of drug-likeness (QED) is 0.874. The van der Waals surface area contributed by atoms with Crippen LogP contribution in [0.3, 0.4) is 0 Å². The van der Waals surface area contributed by atoms with Crippen LogP contribution in [0.15, 0.2) is 36.5 Å². The summed E-state index contributed by atoms with van der Waals surface area (Å²) in [6.45, 7) is 5.73. The van der Waals surface area contributed by atoms with Gasteiger partial charge in [0.2, 0.25) is 0 Å². The van der Waals surface area contributed by atoms with Crippen LogP contribution in [0.5, 0.6) is 0 Å². The second-order valence-electron chi connectivity index (χ2n) is 4.37. The summed E-state index contributed by atoms with van der Waals surface area (Å²) in [5.41, 5.74) is 3.72. The lowest BCUT2D eigenvalue weighted by Gasteiger charge is -2.05. The third-order valence-corrected chi connectivity index (χ3v) is 2.90. The zero-order valence-electron chi connectivity index (χ0n) is 11.0. The predicted molar refractivity (Wildman–Crippen MR) is 73.1 cm³/mol. The van der Waals surface area contributed by atoms with Gasteiger partial charge in [0.15, 0.2) is 0 Å². The molecule has 0 amide bonds. The van der Waals surface area contributed by atoms with E-state index in [-0.39, 0.29) is 0 Å². The molecule has 0 atom stereocenters. The van der Waals surface area contributed by atoms with Gasteiger partial charge in [0.1, 0.15) is 5.82 Å². The minimum Gasteiger partial charge on any atom is -0.307 e. The van der Waals surface area contributed by atoms with Gasteiger partial charge in [-0.2, -0.15) is 0 Å². The molecule has 1 aromatic carbocycles. The molecule has 1 aromatic heterocycles. The molecule has 1 heterocycles. The first kappa shape index (κ1) is 12.7. The maximum Gasteiger partial charge on any atom is 0.125 e. The molecule has 0 unspecified atom stereocenters. The van der Waals surface area contributed by atoms with Gasteiger partial charge < -0.3 is 5.32 Å². The van der Waals surface area contributed by atoms with E-state index >= 15 is 0 Å². The van der Waals surface area contributed by atoms with Crippen LogP contribution in [-0.4, -0.2) is 9.97 Å². The molecule has 2 rings (SSSR count). The summed E-state index contributed by atoms with van der Waals surface area (Å²) in [7, 11) is 0. The molecule has 1 N–H and O–H groups in total. The van der Waals surface area contributed by atoms with Gasteiger partial charge in [-0.1, -0.05) is 31.2 Å². The lowest BCUT2D eigenvalue weighted by molar-refractivity contribution is 0.675. The Morgan fingerprint density at radius 2 is 1.72 bits per heavy atom. The number of nitrogens with zero attached hydrogens (tertiary/aromatic N) is 2. The van der Waals surface area contributed by atoms with Crippen LogP contribution in [0, 0.1) is 6.92 Å². The lowest BCUT2D eigenvalue weighted by Crippen LogP contribution is -2.14. The van der Waals surface area contributed by atoms with Gasteiger partial charge in [0.25, 0.3) is 0 Å². The number of aryl methyl sites for hydroxylation is 2. The minimum absolute atomic E-state index is 0.777. The first-order valence-electron chi connectivity index (χ1n) is 6.35. The maximum atomic E-state index is 4.36. The van der Waals surface area contributed by atoms with Crippen LogP contribution < -0.4 is 5.32 Å². The molecule has 0 fully saturated rings. The Labute approximate surface area is 108 Å². The van der Waals surface area contributed by atoms with Gasteiger partial charge in [-0.3, -0.25) is 0 Å². The van der Waals surface area contributed by atoms with Crippen molar-refractivity contribution in [1.82, 2.24) is 15.3 Å². The Balaban J connectivity index is 1.84. The van der Waals surface area contributed by atoms with Crippen LogP contribution >= 0.6 is 0 Å². The smallest absolute Gasteiger partial charge is 0.125 e. The monoisotopic (exact) mass is 241 g/mol. The Hall–Kier alpha value is -1.74. The highest BCUT2D eigenvalue weighted by Gasteiger charge is 1.97. The molecule has 0 bridgehead atoms. The SMILES string of the molecule is CCc1ccc(CNCc2ccnc(C)n2)cc1. The van der Waals surface area contributed by atoms with E-state index in [0.29, 0.717) is 0 Å². The molecule has 0 saturated carbocycles. The largest absolute Gasteiger partial charge is 0.307 e. The number of hydrogen-bond acceptors (Lipinski definition) is 3. The van der Waals surface area contributed by atoms with E-state index in [0.717, 1.165) is 31.0 Å². The fourth-order valence-electron chi connectivity index (χ4n) is 1.83. The summed E-state index contributed by atoms with van der Waals surface area (Å²) < 4.78 is 0. The Morgan fingerprint density at radius 1 is 1.00 bits per heavy atom. The molecule has 3 heteroatoms. The van der Waals surface area contributed by atoms with Crippen molar-refractivity contribution < 1.29 is 0 Å². The molecule has 0 aliphatic carbocycles. The number of aromatic nitrogens is 2. The second-order valence-corrected chi connectivity index (χ2v) is 4.37. The van der Waals surface area contributed by atoms with Gasteiger partial charge in [-0.25, -0.2) is 9.97 Å². The predicted octanol–water partition coefficient (Wildman–Crippen LogP) is 2.64. The average molecular weight is 241 g/mol. The molecule has 0 spiro atoms. The molecule has 0 aliphatic rings. The highest BCUT2D eigenvalue weighted by atomic mass is 14.9. The topological polar surface area (TPSA) is 37.8 Å². The van der Waals surface area contributed by atoms with Crippen LogP contribution in [0.2, 0.25) is 0 Å². The second kappa shape index (κ2) is 6.26. The number of hydrogen-bond donors (Lipinski definition) is 1. The molecule has 0 saturated heterocycles. The van der Waals surface area contributed by atoms with E-state index in [1.807, 2.05) is 13.0 Å². The van der Waals surface area contributed by atoms with Crippen molar-refractivity contribution in [1.29, 1.82) is 0 Å². The minimum atomic E-state index is 0.777. The molecule has 0 radical (unpaired) electrons. The first-order chi connectivity index (χ1) is 8.78. The molecule has 94 valence electrons. The average Bonchev–Trinajstić information content (AvgIpc) is 2.40. The standard InChI is InChI=1S/C15H19N3/c1-3-13-4-6-14(7-5-13)10-16-11-15-8-9-17-12(2)18-15/h4-9,16H,3,10-11H2,1-2H3. The molecule has 0 aliphatic heterocycles. The van der Waals surface area contributed by atoms with Gasteiger partial charge >= 0.3 is 0 Å². The highest BCUT2D eigenvalue weighted by molar-refractivity contribution is 5.22. The Kier molecular flexibility index (Phi) is 4.42. The Morgan fingerprint density at radius 3 is 2.39 bits per heavy atom. The van der Waals surface area contributed by atoms with Crippen molar-refractivity contribution >= 4 is 0 Å². The van der Waals surface area contributed by atoms with E-state index in [2.05, 4.69) is 46.5 Å². The lowest BCUT2D eigenvalue weighted by atomic mass is 10.1. The fourth-order valence-corrected chi connectivity index (χ4v) is 1.83. The summed E-state index contributed by atoms with van der Waals surface area (Å²) in [5, 5.41) is 3.39. The van der Waals surface area contributed by atoms with E-state index in [1.54, 1.807) is 6.20 Å². The van der Waals surface area contributed by atoms with Crippen LogP contribution in [0.1, 0.15) is 29.6 Å². The van der Waals surface area contributed by atoms with Gasteiger partial charge in [-0.15, -0.1) is 0 Å². The van der Waals surface area contributed by atoms with Crippen molar-refractivity contribution in [3.05, 3.63) is 59.2 Å². The van der Waals surface area contributed by atoms with E-state index in [9.17, 15) is 0 Å². The van der Waals surface area contributed by atoms with Crippen molar-refractivity contribution in [2.75, 3.05) is 0 Å². The molecular weight excluding hydrogens is 222 g/mol. The van der Waals surface area contributed by atoms with Gasteiger partial charge in [0, 0.05) is 19.3 Å². The fraction of sp³-hybridized carbons (Fsp3) is 0.333. The van der Waals surface area contributed by atoms with Crippen LogP contribution in [0.4, 0.5) is 0 Å². The van der Waals surface area contributed by atoms with Gasteiger partial charge in [-0.05, 0) is 30.5 Å². The maximum absolute atomic E-state index is 4.36. The van der Waals surface area contributed by atoms with Crippen molar-refractivity contribution in [2.45, 2.75) is 33.4 Å². The summed E-state index contributed by atoms with van der Waals surface area (Å²) in [6.07, 6.45) is 2.89. The van der Waals surface area contributed by atoms with Gasteiger partial charge in [0.05, 0.1) is 5.69 Å². The molecular formula is C15H19N3. The molecule has 2 aromatic rings. The Bertz CT molecular complexity index is 491. The van der Waals surface area contributed by atoms with Crippen LogP contribution in [0.25, 0.3) is 0 Å². The zero-order chi connectivity index (χ0) is 12.8. The van der Waals surface area contributed by atoms with E-state index in [4.69, 9.17) is 0 Å². The third kappa shape index (κ3) is 3.64. The van der Waals surface area contributed by atoms with Crippen molar-refractivity contribution in [3.63, 3.8) is 0 Å². The van der Waals surface area contributed by atoms with Crippen molar-refractivity contribution in [2.24, 2.45) is 0 Å². The summed E-state index contributed by atoms with van der Waals surface area (Å²) in [5.74, 6) is 0.821. The van der Waals surface area contributed by atoms with Crippen LogP contribution in [-0.2, 0) is 19.5 Å². The number of nitrogens with one attached hydrogen (secondary N) is 1. The molecule has 18 heavy (non-hydrogen) atoms. The number of benzene rings is 1. The van der Waals surface area contributed by atoms with Crippen molar-refractivity contribution in [3.8, 4) is 0 Å². The van der Waals surface area contributed by atoms with E-state index < -0.39 is 0 Å². The normalized spacial score (nSPS) is 10.6. The summed E-state index contributed by atoms with van der Waals surface area (Å²) in [6, 6.07) is 10.7. The first-order valence-corrected chi connectivity index (χ1v) is 6.35. The number of rotatable bonds is 5.